The first kappa shape index (κ1) is 19.5. The number of aromatic nitrogens is 1. The molecule has 7 nitrogen and oxygen atoms in total. The van der Waals surface area contributed by atoms with Gasteiger partial charge in [-0.2, -0.15) is 0 Å². The van der Waals surface area contributed by atoms with E-state index in [1.165, 1.54) is 18.3 Å². The van der Waals surface area contributed by atoms with Gasteiger partial charge < -0.3 is 15.3 Å². The molecule has 3 rings (SSSR count). The number of hydrogen-bond acceptors (Lipinski definition) is 4. The van der Waals surface area contributed by atoms with Crippen LogP contribution < -0.4 is 5.32 Å². The smallest absolute Gasteiger partial charge is 0.335 e. The normalized spacial score (nSPS) is 14.5. The molecule has 1 aromatic heterocycles. The third-order valence-electron chi connectivity index (χ3n) is 4.89. The van der Waals surface area contributed by atoms with Crippen molar-refractivity contribution in [3.8, 4) is 0 Å². The van der Waals surface area contributed by atoms with Gasteiger partial charge in [-0.25, -0.2) is 4.79 Å². The van der Waals surface area contributed by atoms with Crippen molar-refractivity contribution < 1.29 is 19.5 Å². The van der Waals surface area contributed by atoms with Gasteiger partial charge in [0, 0.05) is 31.7 Å². The lowest BCUT2D eigenvalue weighted by atomic mass is 10.0. The third kappa shape index (κ3) is 5.16. The minimum atomic E-state index is -1.10. The maximum atomic E-state index is 12.4. The van der Waals surface area contributed by atoms with Gasteiger partial charge in [0.1, 0.15) is 5.69 Å². The van der Waals surface area contributed by atoms with Crippen molar-refractivity contribution in [2.75, 3.05) is 13.1 Å². The summed E-state index contributed by atoms with van der Waals surface area (Å²) in [6.45, 7) is 1.20. The number of amides is 2. The van der Waals surface area contributed by atoms with Crippen LogP contribution in [-0.4, -0.2) is 51.9 Å². The zero-order valence-electron chi connectivity index (χ0n) is 15.5. The maximum Gasteiger partial charge on any atom is 0.335 e. The zero-order chi connectivity index (χ0) is 19.9. The van der Waals surface area contributed by atoms with E-state index in [0.29, 0.717) is 32.4 Å². The van der Waals surface area contributed by atoms with Crippen LogP contribution in [0.4, 0.5) is 0 Å². The fourth-order valence-corrected chi connectivity index (χ4v) is 3.27. The van der Waals surface area contributed by atoms with Crippen LogP contribution in [0.3, 0.4) is 0 Å². The van der Waals surface area contributed by atoms with E-state index in [4.69, 9.17) is 5.11 Å². The summed E-state index contributed by atoms with van der Waals surface area (Å²) in [5, 5.41) is 11.9. The van der Waals surface area contributed by atoms with E-state index in [0.717, 1.165) is 12.0 Å². The third-order valence-corrected chi connectivity index (χ3v) is 4.89. The van der Waals surface area contributed by atoms with E-state index in [9.17, 15) is 14.4 Å². The molecule has 1 aromatic carbocycles. The lowest BCUT2D eigenvalue weighted by Crippen LogP contribution is -2.46. The van der Waals surface area contributed by atoms with E-state index in [2.05, 4.69) is 10.3 Å². The van der Waals surface area contributed by atoms with Gasteiger partial charge in [-0.15, -0.1) is 0 Å². The number of likely N-dealkylation sites (tertiary alicyclic amines) is 1. The van der Waals surface area contributed by atoms with Crippen molar-refractivity contribution in [3.05, 3.63) is 65.5 Å². The van der Waals surface area contributed by atoms with Crippen LogP contribution in [0.25, 0.3) is 0 Å². The molecule has 2 heterocycles. The number of rotatable bonds is 6. The minimum Gasteiger partial charge on any atom is -0.478 e. The van der Waals surface area contributed by atoms with E-state index in [1.54, 1.807) is 0 Å². The van der Waals surface area contributed by atoms with Crippen molar-refractivity contribution >= 4 is 17.8 Å². The Kier molecular flexibility index (Phi) is 6.37. The number of piperidine rings is 1. The Hall–Kier alpha value is -3.22. The van der Waals surface area contributed by atoms with E-state index in [1.807, 2.05) is 35.2 Å². The Morgan fingerprint density at radius 3 is 2.50 bits per heavy atom. The summed E-state index contributed by atoms with van der Waals surface area (Å²) >= 11 is 0. The molecule has 0 unspecified atom stereocenters. The van der Waals surface area contributed by atoms with E-state index >= 15 is 0 Å². The van der Waals surface area contributed by atoms with Crippen LogP contribution in [0.1, 0.15) is 45.7 Å². The van der Waals surface area contributed by atoms with Crippen LogP contribution >= 0.6 is 0 Å². The fourth-order valence-electron chi connectivity index (χ4n) is 3.27. The topological polar surface area (TPSA) is 99.6 Å². The van der Waals surface area contributed by atoms with Crippen LogP contribution in [0.15, 0.2) is 48.7 Å². The highest BCUT2D eigenvalue weighted by atomic mass is 16.4. The Morgan fingerprint density at radius 2 is 1.82 bits per heavy atom. The second-order valence-electron chi connectivity index (χ2n) is 6.85. The summed E-state index contributed by atoms with van der Waals surface area (Å²) in [5.41, 5.74) is 1.26. The van der Waals surface area contributed by atoms with Crippen molar-refractivity contribution in [1.82, 2.24) is 15.2 Å². The SMILES string of the molecule is O=C(O)c1ccnc(C(=O)NC2CCN(C(=O)CCc3ccccc3)CC2)c1. The molecule has 1 fully saturated rings. The van der Waals surface area contributed by atoms with E-state index < -0.39 is 11.9 Å². The number of hydrogen-bond donors (Lipinski definition) is 2. The molecule has 0 saturated carbocycles. The van der Waals surface area contributed by atoms with Gasteiger partial charge in [-0.3, -0.25) is 14.6 Å². The van der Waals surface area contributed by atoms with Gasteiger partial charge in [0.2, 0.25) is 5.91 Å². The number of carbonyl (C=O) groups is 3. The largest absolute Gasteiger partial charge is 0.478 e. The van der Waals surface area contributed by atoms with Crippen molar-refractivity contribution in [2.24, 2.45) is 0 Å². The number of pyridine rings is 1. The molecule has 0 bridgehead atoms. The molecule has 7 heteroatoms. The summed E-state index contributed by atoms with van der Waals surface area (Å²) in [6.07, 6.45) is 3.85. The van der Waals surface area contributed by atoms with Crippen molar-refractivity contribution in [2.45, 2.75) is 31.7 Å². The minimum absolute atomic E-state index is 0.0268. The van der Waals surface area contributed by atoms with Crippen LogP contribution in [0.2, 0.25) is 0 Å². The van der Waals surface area contributed by atoms with Crippen LogP contribution in [0, 0.1) is 0 Å². The molecule has 0 spiro atoms. The maximum absolute atomic E-state index is 12.4. The Labute approximate surface area is 163 Å². The average molecular weight is 381 g/mol. The molecule has 1 aliphatic rings. The number of carbonyl (C=O) groups excluding carboxylic acids is 2. The molecule has 0 radical (unpaired) electrons. The second kappa shape index (κ2) is 9.12. The number of aryl methyl sites for hydroxylation is 1. The number of carboxylic acid groups (broad SMARTS) is 1. The molecule has 2 N–H and O–H groups in total. The monoisotopic (exact) mass is 381 g/mol. The molecule has 1 saturated heterocycles. The van der Waals surface area contributed by atoms with Crippen molar-refractivity contribution in [1.29, 1.82) is 0 Å². The molecule has 0 aliphatic carbocycles. The summed E-state index contributed by atoms with van der Waals surface area (Å²) in [5.74, 6) is -1.36. The lowest BCUT2D eigenvalue weighted by molar-refractivity contribution is -0.132. The van der Waals surface area contributed by atoms with Gasteiger partial charge in [0.15, 0.2) is 0 Å². The molecule has 28 heavy (non-hydrogen) atoms. The lowest BCUT2D eigenvalue weighted by Gasteiger charge is -2.32. The predicted molar refractivity (Wildman–Crippen MR) is 103 cm³/mol. The number of nitrogens with one attached hydrogen (secondary N) is 1. The quantitative estimate of drug-likeness (QED) is 0.799. The van der Waals surface area contributed by atoms with Gasteiger partial charge in [-0.05, 0) is 37.0 Å². The Bertz CT molecular complexity index is 846. The number of nitrogens with zero attached hydrogens (tertiary/aromatic N) is 2. The van der Waals surface area contributed by atoms with Crippen LogP contribution in [0.5, 0.6) is 0 Å². The number of benzene rings is 1. The van der Waals surface area contributed by atoms with Crippen LogP contribution in [-0.2, 0) is 11.2 Å². The molecule has 1 aliphatic heterocycles. The zero-order valence-corrected chi connectivity index (χ0v) is 15.5. The van der Waals surface area contributed by atoms with Gasteiger partial charge in [-0.1, -0.05) is 30.3 Å². The first-order valence-corrected chi connectivity index (χ1v) is 9.35. The molecular weight excluding hydrogens is 358 g/mol. The van der Waals surface area contributed by atoms with E-state index in [-0.39, 0.29) is 23.2 Å². The van der Waals surface area contributed by atoms with Gasteiger partial charge in [0.05, 0.1) is 5.56 Å². The molecule has 2 amide bonds. The average Bonchev–Trinajstić information content (AvgIpc) is 2.73. The summed E-state index contributed by atoms with van der Waals surface area (Å²) in [6, 6.07) is 12.5. The summed E-state index contributed by atoms with van der Waals surface area (Å²) < 4.78 is 0. The Morgan fingerprint density at radius 1 is 1.11 bits per heavy atom. The van der Waals surface area contributed by atoms with Gasteiger partial charge >= 0.3 is 5.97 Å². The molecule has 146 valence electrons. The fraction of sp³-hybridized carbons (Fsp3) is 0.333. The number of aromatic carboxylic acids is 1. The summed E-state index contributed by atoms with van der Waals surface area (Å²) in [7, 11) is 0. The molecular formula is C21H23N3O4. The summed E-state index contributed by atoms with van der Waals surface area (Å²) in [4.78, 5) is 41.5. The highest BCUT2D eigenvalue weighted by molar-refractivity contribution is 5.95. The van der Waals surface area contributed by atoms with Crippen molar-refractivity contribution in [3.63, 3.8) is 0 Å². The standard InChI is InChI=1S/C21H23N3O4/c25-19(7-6-15-4-2-1-3-5-15)24-12-9-17(10-13-24)23-20(26)18-14-16(21(27)28)8-11-22-18/h1-5,8,11,14,17H,6-7,9-10,12-13H2,(H,23,26)(H,27,28). The Balaban J connectivity index is 1.46. The highest BCUT2D eigenvalue weighted by Crippen LogP contribution is 2.14. The first-order valence-electron chi connectivity index (χ1n) is 9.35. The predicted octanol–water partition coefficient (Wildman–Crippen LogP) is 2.13. The second-order valence-corrected chi connectivity index (χ2v) is 6.85. The molecule has 2 aromatic rings. The highest BCUT2D eigenvalue weighted by Gasteiger charge is 2.24. The first-order chi connectivity index (χ1) is 13.5. The van der Waals surface area contributed by atoms with Gasteiger partial charge in [0.25, 0.3) is 5.91 Å². The number of carboxylic acids is 1. The molecule has 0 atom stereocenters.